The number of anilines is 1. The van der Waals surface area contributed by atoms with Crippen LogP contribution >= 0.6 is 0 Å². The van der Waals surface area contributed by atoms with Crippen LogP contribution in [0.2, 0.25) is 0 Å². The molecule has 0 bridgehead atoms. The largest absolute Gasteiger partial charge is 0.494 e. The van der Waals surface area contributed by atoms with E-state index in [0.717, 1.165) is 0 Å². The molecule has 3 N–H and O–H groups in total. The van der Waals surface area contributed by atoms with Crippen LogP contribution in [0, 0.1) is 0 Å². The van der Waals surface area contributed by atoms with Crippen LogP contribution in [0.1, 0.15) is 6.92 Å². The van der Waals surface area contributed by atoms with E-state index in [9.17, 15) is 9.59 Å². The molecule has 0 aliphatic heterocycles. The van der Waals surface area contributed by atoms with E-state index < -0.39 is 11.8 Å². The number of carbonyl (C=O) groups is 2. The highest BCUT2D eigenvalue weighted by Crippen LogP contribution is 2.16. The van der Waals surface area contributed by atoms with Gasteiger partial charge < -0.3 is 15.8 Å². The van der Waals surface area contributed by atoms with Gasteiger partial charge in [-0.25, -0.2) is 0 Å². The lowest BCUT2D eigenvalue weighted by Gasteiger charge is -2.06. The van der Waals surface area contributed by atoms with E-state index >= 15 is 0 Å². The zero-order valence-electron chi connectivity index (χ0n) is 8.32. The number of carbonyl (C=O) groups excluding carboxylic acids is 2. The van der Waals surface area contributed by atoms with Crippen molar-refractivity contribution in [3.05, 3.63) is 24.3 Å². The van der Waals surface area contributed by atoms with Crippen molar-refractivity contribution in [1.82, 2.24) is 0 Å². The van der Waals surface area contributed by atoms with Gasteiger partial charge in [-0.05, 0) is 19.1 Å². The predicted molar refractivity (Wildman–Crippen MR) is 55.4 cm³/mol. The standard InChI is InChI=1S/C10H12N2O3/c1-2-15-8-5-3-4-7(6-8)12-10(14)9(11)13/h3-6H,2H2,1H3,(H2,11,13)(H,12,14). The van der Waals surface area contributed by atoms with Crippen LogP contribution in [-0.4, -0.2) is 18.4 Å². The Morgan fingerprint density at radius 3 is 2.80 bits per heavy atom. The van der Waals surface area contributed by atoms with Gasteiger partial charge in [0.1, 0.15) is 5.75 Å². The molecule has 0 fully saturated rings. The van der Waals surface area contributed by atoms with Crippen molar-refractivity contribution in [2.75, 3.05) is 11.9 Å². The Bertz CT molecular complexity index is 377. The number of hydrogen-bond acceptors (Lipinski definition) is 3. The first-order valence-electron chi connectivity index (χ1n) is 4.47. The summed E-state index contributed by atoms with van der Waals surface area (Å²) in [5.74, 6) is -1.24. The molecule has 0 saturated heterocycles. The number of amides is 2. The fourth-order valence-corrected chi connectivity index (χ4v) is 1.02. The van der Waals surface area contributed by atoms with Gasteiger partial charge >= 0.3 is 11.8 Å². The molecule has 1 rings (SSSR count). The highest BCUT2D eigenvalue weighted by Gasteiger charge is 2.08. The number of benzene rings is 1. The van der Waals surface area contributed by atoms with E-state index in [1.165, 1.54) is 0 Å². The summed E-state index contributed by atoms with van der Waals surface area (Å²) in [5.41, 5.74) is 5.27. The minimum Gasteiger partial charge on any atom is -0.494 e. The highest BCUT2D eigenvalue weighted by molar-refractivity contribution is 6.39. The maximum Gasteiger partial charge on any atom is 0.313 e. The normalized spacial score (nSPS) is 9.40. The van der Waals surface area contributed by atoms with Crippen molar-refractivity contribution in [3.8, 4) is 5.75 Å². The zero-order chi connectivity index (χ0) is 11.3. The van der Waals surface area contributed by atoms with Crippen molar-refractivity contribution >= 4 is 17.5 Å². The quantitative estimate of drug-likeness (QED) is 0.710. The molecule has 1 aromatic carbocycles. The van der Waals surface area contributed by atoms with Gasteiger partial charge in [-0.1, -0.05) is 6.07 Å². The third-order valence-corrected chi connectivity index (χ3v) is 1.63. The first-order valence-corrected chi connectivity index (χ1v) is 4.47. The Hall–Kier alpha value is -2.04. The topological polar surface area (TPSA) is 81.4 Å². The summed E-state index contributed by atoms with van der Waals surface area (Å²) in [6.07, 6.45) is 0. The van der Waals surface area contributed by atoms with E-state index in [4.69, 9.17) is 10.5 Å². The smallest absolute Gasteiger partial charge is 0.313 e. The summed E-state index contributed by atoms with van der Waals surface area (Å²) in [5, 5.41) is 2.35. The number of hydrogen-bond donors (Lipinski definition) is 2. The average Bonchev–Trinajstić information content (AvgIpc) is 2.18. The maximum absolute atomic E-state index is 11.0. The van der Waals surface area contributed by atoms with E-state index in [-0.39, 0.29) is 0 Å². The van der Waals surface area contributed by atoms with Crippen LogP contribution < -0.4 is 15.8 Å². The molecule has 1 aromatic rings. The van der Waals surface area contributed by atoms with Gasteiger partial charge in [0.15, 0.2) is 0 Å². The van der Waals surface area contributed by atoms with Crippen LogP contribution in [0.25, 0.3) is 0 Å². The molecule has 0 aliphatic carbocycles. The van der Waals surface area contributed by atoms with E-state index in [2.05, 4.69) is 5.32 Å². The molecular weight excluding hydrogens is 196 g/mol. The van der Waals surface area contributed by atoms with E-state index in [1.807, 2.05) is 6.92 Å². The summed E-state index contributed by atoms with van der Waals surface area (Å²) in [4.78, 5) is 21.4. The van der Waals surface area contributed by atoms with E-state index in [1.54, 1.807) is 24.3 Å². The summed E-state index contributed by atoms with van der Waals surface area (Å²) in [6, 6.07) is 6.72. The van der Waals surface area contributed by atoms with Gasteiger partial charge in [0.05, 0.1) is 6.61 Å². The van der Waals surface area contributed by atoms with Crippen LogP contribution in [0.4, 0.5) is 5.69 Å². The molecule has 0 heterocycles. The van der Waals surface area contributed by atoms with Crippen molar-refractivity contribution < 1.29 is 14.3 Å². The van der Waals surface area contributed by atoms with Crippen molar-refractivity contribution in [2.24, 2.45) is 5.73 Å². The number of nitrogens with two attached hydrogens (primary N) is 1. The number of nitrogens with one attached hydrogen (secondary N) is 1. The Balaban J connectivity index is 2.73. The van der Waals surface area contributed by atoms with Gasteiger partial charge in [-0.3, -0.25) is 9.59 Å². The molecule has 0 spiro atoms. The lowest BCUT2D eigenvalue weighted by atomic mass is 10.3. The molecule has 0 aromatic heterocycles. The molecule has 2 amide bonds. The van der Waals surface area contributed by atoms with Gasteiger partial charge in [0.25, 0.3) is 0 Å². The molecule has 0 saturated carbocycles. The first kappa shape index (κ1) is 11.0. The van der Waals surface area contributed by atoms with Crippen molar-refractivity contribution in [1.29, 1.82) is 0 Å². The molecule has 0 radical (unpaired) electrons. The van der Waals surface area contributed by atoms with Crippen molar-refractivity contribution in [2.45, 2.75) is 6.92 Å². The first-order chi connectivity index (χ1) is 7.13. The van der Waals surface area contributed by atoms with Gasteiger partial charge in [0.2, 0.25) is 0 Å². The molecule has 80 valence electrons. The number of primary amides is 1. The summed E-state index contributed by atoms with van der Waals surface area (Å²) in [6.45, 7) is 2.39. The lowest BCUT2D eigenvalue weighted by Crippen LogP contribution is -2.29. The summed E-state index contributed by atoms with van der Waals surface area (Å²) < 4.78 is 5.22. The number of rotatable bonds is 3. The fourth-order valence-electron chi connectivity index (χ4n) is 1.02. The van der Waals surface area contributed by atoms with E-state index in [0.29, 0.717) is 18.0 Å². The predicted octanol–water partition coefficient (Wildman–Crippen LogP) is 0.509. The highest BCUT2D eigenvalue weighted by atomic mass is 16.5. The lowest BCUT2D eigenvalue weighted by molar-refractivity contribution is -0.134. The molecule has 0 aliphatic rings. The third kappa shape index (κ3) is 3.30. The minimum absolute atomic E-state index is 0.477. The van der Waals surface area contributed by atoms with Gasteiger partial charge in [0, 0.05) is 11.8 Å². The Kier molecular flexibility index (Phi) is 3.68. The summed E-state index contributed by atoms with van der Waals surface area (Å²) in [7, 11) is 0. The average molecular weight is 208 g/mol. The molecule has 0 unspecified atom stereocenters. The van der Waals surface area contributed by atoms with Crippen molar-refractivity contribution in [3.63, 3.8) is 0 Å². The van der Waals surface area contributed by atoms with Crippen LogP contribution in [0.3, 0.4) is 0 Å². The van der Waals surface area contributed by atoms with Crippen LogP contribution in [-0.2, 0) is 9.59 Å². The Labute approximate surface area is 87.2 Å². The third-order valence-electron chi connectivity index (χ3n) is 1.63. The second-order valence-corrected chi connectivity index (χ2v) is 2.78. The molecule has 0 atom stereocenters. The molecular formula is C10H12N2O3. The molecule has 5 heteroatoms. The SMILES string of the molecule is CCOc1cccc(NC(=O)C(N)=O)c1. The number of ether oxygens (including phenoxy) is 1. The molecule has 5 nitrogen and oxygen atoms in total. The van der Waals surface area contributed by atoms with Gasteiger partial charge in [-0.2, -0.15) is 0 Å². The molecule has 15 heavy (non-hydrogen) atoms. The second kappa shape index (κ2) is 4.99. The summed E-state index contributed by atoms with van der Waals surface area (Å²) >= 11 is 0. The monoisotopic (exact) mass is 208 g/mol. The van der Waals surface area contributed by atoms with Gasteiger partial charge in [-0.15, -0.1) is 0 Å². The zero-order valence-corrected chi connectivity index (χ0v) is 8.32. The Morgan fingerprint density at radius 1 is 1.47 bits per heavy atom. The van der Waals surface area contributed by atoms with Crippen LogP contribution in [0.15, 0.2) is 24.3 Å². The van der Waals surface area contributed by atoms with Crippen LogP contribution in [0.5, 0.6) is 5.75 Å². The maximum atomic E-state index is 11.0. The Morgan fingerprint density at radius 2 is 2.20 bits per heavy atom. The fraction of sp³-hybridized carbons (Fsp3) is 0.200. The second-order valence-electron chi connectivity index (χ2n) is 2.78. The minimum atomic E-state index is -1.02.